The van der Waals surface area contributed by atoms with Crippen LogP contribution in [0.1, 0.15) is 18.1 Å². The van der Waals surface area contributed by atoms with Gasteiger partial charge in [-0.15, -0.1) is 6.58 Å². The van der Waals surface area contributed by atoms with E-state index >= 15 is 0 Å². The predicted octanol–water partition coefficient (Wildman–Crippen LogP) is 3.61. The summed E-state index contributed by atoms with van der Waals surface area (Å²) in [6.45, 7) is 5.81. The molecule has 0 bridgehead atoms. The number of methoxy groups -OCH3 is 2. The first-order valence-corrected chi connectivity index (χ1v) is 9.78. The van der Waals surface area contributed by atoms with Crippen LogP contribution in [0, 0.1) is 0 Å². The quantitative estimate of drug-likeness (QED) is 0.628. The molecule has 2 aromatic carbocycles. The Balaban J connectivity index is 2.29. The third-order valence-electron chi connectivity index (χ3n) is 4.20. The van der Waals surface area contributed by atoms with Gasteiger partial charge in [0.15, 0.2) is 0 Å². The monoisotopic (exact) mass is 375 g/mol. The van der Waals surface area contributed by atoms with Crippen molar-refractivity contribution in [2.45, 2.75) is 25.3 Å². The zero-order valence-electron chi connectivity index (χ0n) is 15.4. The lowest BCUT2D eigenvalue weighted by Gasteiger charge is -2.25. The minimum Gasteiger partial charge on any atom is -0.497 e. The van der Waals surface area contributed by atoms with Crippen molar-refractivity contribution in [1.29, 1.82) is 0 Å². The summed E-state index contributed by atoms with van der Waals surface area (Å²) in [5.41, 5.74) is 1.78. The van der Waals surface area contributed by atoms with Crippen LogP contribution < -0.4 is 9.47 Å². The summed E-state index contributed by atoms with van der Waals surface area (Å²) in [7, 11) is -0.329. The van der Waals surface area contributed by atoms with Gasteiger partial charge in [-0.1, -0.05) is 30.3 Å². The average Bonchev–Trinajstić information content (AvgIpc) is 2.67. The Kier molecular flexibility index (Phi) is 6.83. The summed E-state index contributed by atoms with van der Waals surface area (Å²) in [6, 6.07) is 14.8. The number of ether oxygens (including phenoxy) is 2. The van der Waals surface area contributed by atoms with Crippen LogP contribution in [-0.2, 0) is 23.1 Å². The SMILES string of the molecule is C=C[C@@H](C)S(=O)(=O)N(Cc1ccc(OC)cc1)Cc1ccc(OC)cc1. The van der Waals surface area contributed by atoms with Crippen molar-refractivity contribution >= 4 is 10.0 Å². The molecule has 140 valence electrons. The van der Waals surface area contributed by atoms with Crippen molar-refractivity contribution in [3.05, 3.63) is 72.3 Å². The predicted molar refractivity (Wildman–Crippen MR) is 104 cm³/mol. The molecule has 0 heterocycles. The van der Waals surface area contributed by atoms with Crippen LogP contribution in [0.5, 0.6) is 11.5 Å². The standard InChI is InChI=1S/C20H25NO4S/c1-5-16(2)26(22,23)21(14-17-6-10-19(24-3)11-7-17)15-18-8-12-20(25-4)13-9-18/h5-13,16H,1,14-15H2,2-4H3/t16-/m1/s1. The second kappa shape index (κ2) is 8.87. The normalized spacial score (nSPS) is 12.6. The second-order valence-corrected chi connectivity index (χ2v) is 8.24. The van der Waals surface area contributed by atoms with E-state index in [1.807, 2.05) is 48.5 Å². The summed E-state index contributed by atoms with van der Waals surface area (Å²) < 4.78 is 37.6. The third kappa shape index (κ3) is 4.86. The van der Waals surface area contributed by atoms with E-state index in [-0.39, 0.29) is 13.1 Å². The van der Waals surface area contributed by atoms with Gasteiger partial charge < -0.3 is 9.47 Å². The fraction of sp³-hybridized carbons (Fsp3) is 0.300. The van der Waals surface area contributed by atoms with Crippen LogP contribution in [0.3, 0.4) is 0 Å². The Morgan fingerprint density at radius 3 is 1.62 bits per heavy atom. The lowest BCUT2D eigenvalue weighted by Crippen LogP contribution is -2.35. The molecule has 0 radical (unpaired) electrons. The van der Waals surface area contributed by atoms with E-state index in [9.17, 15) is 8.42 Å². The Morgan fingerprint density at radius 2 is 1.31 bits per heavy atom. The maximum Gasteiger partial charge on any atom is 0.220 e. The molecule has 5 nitrogen and oxygen atoms in total. The molecule has 0 aromatic heterocycles. The van der Waals surface area contributed by atoms with Crippen LogP contribution in [0.2, 0.25) is 0 Å². The van der Waals surface area contributed by atoms with Gasteiger partial charge in [0.1, 0.15) is 11.5 Å². The van der Waals surface area contributed by atoms with Crippen molar-refractivity contribution in [1.82, 2.24) is 4.31 Å². The lowest BCUT2D eigenvalue weighted by atomic mass is 10.2. The first-order chi connectivity index (χ1) is 12.4. The first-order valence-electron chi connectivity index (χ1n) is 8.28. The molecular formula is C20H25NO4S. The van der Waals surface area contributed by atoms with Gasteiger partial charge in [-0.05, 0) is 42.3 Å². The van der Waals surface area contributed by atoms with Crippen molar-refractivity contribution in [3.8, 4) is 11.5 Å². The van der Waals surface area contributed by atoms with Gasteiger partial charge in [0, 0.05) is 13.1 Å². The van der Waals surface area contributed by atoms with Gasteiger partial charge in [-0.25, -0.2) is 8.42 Å². The van der Waals surface area contributed by atoms with Gasteiger partial charge in [0.25, 0.3) is 0 Å². The maximum absolute atomic E-state index is 12.9. The summed E-state index contributed by atoms with van der Waals surface area (Å²) in [4.78, 5) is 0. The Bertz CT molecular complexity index is 764. The van der Waals surface area contributed by atoms with E-state index in [1.54, 1.807) is 21.1 Å². The number of nitrogens with zero attached hydrogens (tertiary/aromatic N) is 1. The zero-order chi connectivity index (χ0) is 19.2. The number of hydrogen-bond acceptors (Lipinski definition) is 4. The topological polar surface area (TPSA) is 55.8 Å². The van der Waals surface area contributed by atoms with Crippen molar-refractivity contribution in [2.75, 3.05) is 14.2 Å². The maximum atomic E-state index is 12.9. The molecule has 2 rings (SSSR count). The van der Waals surface area contributed by atoms with Crippen LogP contribution in [-0.4, -0.2) is 32.2 Å². The van der Waals surface area contributed by atoms with E-state index in [0.717, 1.165) is 22.6 Å². The summed E-state index contributed by atoms with van der Waals surface area (Å²) in [5.74, 6) is 1.47. The fourth-order valence-corrected chi connectivity index (χ4v) is 3.83. The Hall–Kier alpha value is -2.31. The van der Waals surface area contributed by atoms with E-state index in [4.69, 9.17) is 9.47 Å². The molecule has 0 aliphatic carbocycles. The molecule has 0 amide bonds. The van der Waals surface area contributed by atoms with Crippen LogP contribution in [0.15, 0.2) is 61.2 Å². The Morgan fingerprint density at radius 1 is 0.923 bits per heavy atom. The van der Waals surface area contributed by atoms with Gasteiger partial charge in [-0.2, -0.15) is 4.31 Å². The highest BCUT2D eigenvalue weighted by molar-refractivity contribution is 7.89. The highest BCUT2D eigenvalue weighted by Gasteiger charge is 2.27. The molecule has 0 aliphatic heterocycles. The summed E-state index contributed by atoms with van der Waals surface area (Å²) in [5, 5.41) is -0.668. The van der Waals surface area contributed by atoms with E-state index in [0.29, 0.717) is 0 Å². The second-order valence-electron chi connectivity index (χ2n) is 5.95. The molecule has 0 saturated heterocycles. The Labute approximate surface area is 155 Å². The largest absolute Gasteiger partial charge is 0.497 e. The van der Waals surface area contributed by atoms with Crippen molar-refractivity contribution in [3.63, 3.8) is 0 Å². The van der Waals surface area contributed by atoms with Crippen molar-refractivity contribution in [2.24, 2.45) is 0 Å². The number of sulfonamides is 1. The third-order valence-corrected chi connectivity index (χ3v) is 6.31. The minimum atomic E-state index is -3.53. The zero-order valence-corrected chi connectivity index (χ0v) is 16.2. The van der Waals surface area contributed by atoms with Gasteiger partial charge in [0.05, 0.1) is 19.5 Å². The summed E-state index contributed by atoms with van der Waals surface area (Å²) in [6.07, 6.45) is 1.45. The molecule has 0 aliphatic rings. The molecule has 0 fully saturated rings. The smallest absolute Gasteiger partial charge is 0.220 e. The highest BCUT2D eigenvalue weighted by Crippen LogP contribution is 2.21. The van der Waals surface area contributed by atoms with Crippen LogP contribution >= 0.6 is 0 Å². The van der Waals surface area contributed by atoms with Gasteiger partial charge in [0.2, 0.25) is 10.0 Å². The molecule has 0 N–H and O–H groups in total. The average molecular weight is 375 g/mol. The first kappa shape index (κ1) is 20.0. The van der Waals surface area contributed by atoms with E-state index < -0.39 is 15.3 Å². The number of benzene rings is 2. The molecule has 6 heteroatoms. The van der Waals surface area contributed by atoms with Crippen LogP contribution in [0.4, 0.5) is 0 Å². The molecule has 26 heavy (non-hydrogen) atoms. The molecular weight excluding hydrogens is 350 g/mol. The van der Waals surface area contributed by atoms with Crippen molar-refractivity contribution < 1.29 is 17.9 Å². The minimum absolute atomic E-state index is 0.274. The lowest BCUT2D eigenvalue weighted by molar-refractivity contribution is 0.395. The highest BCUT2D eigenvalue weighted by atomic mass is 32.2. The summed E-state index contributed by atoms with van der Waals surface area (Å²) >= 11 is 0. The fourth-order valence-electron chi connectivity index (χ4n) is 2.46. The number of hydrogen-bond donors (Lipinski definition) is 0. The molecule has 0 saturated carbocycles. The molecule has 1 atom stereocenters. The molecule has 2 aromatic rings. The van der Waals surface area contributed by atoms with Gasteiger partial charge in [-0.3, -0.25) is 0 Å². The van der Waals surface area contributed by atoms with Gasteiger partial charge >= 0.3 is 0 Å². The molecule has 0 spiro atoms. The number of rotatable bonds is 9. The molecule has 0 unspecified atom stereocenters. The van der Waals surface area contributed by atoms with E-state index in [1.165, 1.54) is 10.4 Å². The van der Waals surface area contributed by atoms with Crippen LogP contribution in [0.25, 0.3) is 0 Å². The van der Waals surface area contributed by atoms with E-state index in [2.05, 4.69) is 6.58 Å².